The molecule has 0 aliphatic carbocycles. The van der Waals surface area contributed by atoms with E-state index in [9.17, 15) is 9.59 Å². The second-order valence-electron chi connectivity index (χ2n) is 2.34. The van der Waals surface area contributed by atoms with Crippen LogP contribution in [0.1, 0.15) is 12.8 Å². The molecular formula is C7H10O6S2. The van der Waals surface area contributed by atoms with Crippen molar-refractivity contribution in [3.63, 3.8) is 0 Å². The molecule has 8 heteroatoms. The van der Waals surface area contributed by atoms with Crippen molar-refractivity contribution in [2.24, 2.45) is 0 Å². The van der Waals surface area contributed by atoms with Gasteiger partial charge in [0.2, 0.25) is 0 Å². The maximum absolute atomic E-state index is 10.1. The Hall–Kier alpha value is -1.02. The average molecular weight is 254 g/mol. The molecular weight excluding hydrogens is 244 g/mol. The van der Waals surface area contributed by atoms with Crippen LogP contribution in [-0.4, -0.2) is 28.8 Å². The van der Waals surface area contributed by atoms with E-state index >= 15 is 0 Å². The molecule has 2 N–H and O–H groups in total. The molecule has 86 valence electrons. The summed E-state index contributed by atoms with van der Waals surface area (Å²) in [7, 11) is 0. The fourth-order valence-corrected chi connectivity index (χ4v) is 0.974. The van der Waals surface area contributed by atoms with E-state index in [2.05, 4.69) is 34.7 Å². The normalized spacial score (nSPS) is 9.53. The number of hydrogen-bond donors (Lipinski definition) is 4. The van der Waals surface area contributed by atoms with E-state index in [0.717, 1.165) is 0 Å². The van der Waals surface area contributed by atoms with Gasteiger partial charge in [0.15, 0.2) is 0 Å². The van der Waals surface area contributed by atoms with Gasteiger partial charge in [-0.1, -0.05) is 6.08 Å². The highest BCUT2D eigenvalue weighted by molar-refractivity contribution is 8.05. The number of carbonyl (C=O) groups is 2. The lowest BCUT2D eigenvalue weighted by Gasteiger charge is -2.13. The summed E-state index contributed by atoms with van der Waals surface area (Å²) >= 11 is 7.70. The molecule has 0 unspecified atom stereocenters. The second kappa shape index (κ2) is 7.30. The van der Waals surface area contributed by atoms with Crippen molar-refractivity contribution in [3.8, 4) is 0 Å². The van der Waals surface area contributed by atoms with Gasteiger partial charge in [0.05, 0.1) is 0 Å². The van der Waals surface area contributed by atoms with Gasteiger partial charge in [0, 0.05) is 10.7 Å². The number of ether oxygens (including phenoxy) is 2. The van der Waals surface area contributed by atoms with Crippen molar-refractivity contribution in [2.75, 3.05) is 0 Å². The number of carboxylic acid groups (broad SMARTS) is 2. The lowest BCUT2D eigenvalue weighted by molar-refractivity contribution is -0.0935. The van der Waals surface area contributed by atoms with Gasteiger partial charge in [-0.15, -0.1) is 25.3 Å². The number of rotatable bonds is 5. The van der Waals surface area contributed by atoms with Crippen LogP contribution in [-0.2, 0) is 9.47 Å². The SMILES string of the molecule is O=C(O)OC(CCC=C(S)S)OC(=O)O. The molecule has 0 saturated heterocycles. The van der Waals surface area contributed by atoms with Gasteiger partial charge in [-0.25, -0.2) is 9.59 Å². The van der Waals surface area contributed by atoms with Crippen molar-refractivity contribution in [3.05, 3.63) is 10.3 Å². The molecule has 0 fully saturated rings. The predicted molar refractivity (Wildman–Crippen MR) is 57.3 cm³/mol. The molecule has 0 atom stereocenters. The third-order valence-electron chi connectivity index (χ3n) is 1.19. The minimum Gasteiger partial charge on any atom is -0.450 e. The number of allylic oxidation sites excluding steroid dienone is 1. The van der Waals surface area contributed by atoms with Gasteiger partial charge >= 0.3 is 12.3 Å². The molecule has 0 radical (unpaired) electrons. The zero-order valence-electron chi connectivity index (χ0n) is 7.49. The van der Waals surface area contributed by atoms with E-state index in [0.29, 0.717) is 10.7 Å². The molecule has 0 spiro atoms. The van der Waals surface area contributed by atoms with Gasteiger partial charge in [-0.3, -0.25) is 0 Å². The maximum atomic E-state index is 10.1. The summed E-state index contributed by atoms with van der Waals surface area (Å²) in [6.07, 6.45) is -2.55. The molecule has 0 aromatic rings. The number of thiol groups is 2. The van der Waals surface area contributed by atoms with Crippen molar-refractivity contribution in [1.82, 2.24) is 0 Å². The van der Waals surface area contributed by atoms with Crippen LogP contribution >= 0.6 is 25.3 Å². The Balaban J connectivity index is 4.06. The first-order valence-corrected chi connectivity index (χ1v) is 4.68. The standard InChI is InChI=1S/C7H10O6S2/c8-6(9)12-4(13-7(10)11)2-1-3-5(14)15/h3-4,14-15H,1-2H2,(H,8,9)(H,10,11). The first-order chi connectivity index (χ1) is 6.91. The van der Waals surface area contributed by atoms with E-state index in [1.807, 2.05) is 0 Å². The molecule has 0 aliphatic rings. The maximum Gasteiger partial charge on any atom is 0.508 e. The molecule has 0 heterocycles. The minimum absolute atomic E-state index is 0.0726. The molecule has 15 heavy (non-hydrogen) atoms. The van der Waals surface area contributed by atoms with E-state index < -0.39 is 18.6 Å². The Morgan fingerprint density at radius 1 is 1.20 bits per heavy atom. The van der Waals surface area contributed by atoms with Crippen LogP contribution in [0.4, 0.5) is 9.59 Å². The van der Waals surface area contributed by atoms with Gasteiger partial charge in [0.1, 0.15) is 0 Å². The topological polar surface area (TPSA) is 93.1 Å². The summed E-state index contributed by atoms with van der Waals surface area (Å²) in [6, 6.07) is 0. The molecule has 0 aromatic heterocycles. The first-order valence-electron chi connectivity index (χ1n) is 3.79. The first kappa shape index (κ1) is 14.0. The Labute approximate surface area is 96.7 Å². The van der Waals surface area contributed by atoms with E-state index in [4.69, 9.17) is 10.2 Å². The summed E-state index contributed by atoms with van der Waals surface area (Å²) < 4.78 is 8.80. The van der Waals surface area contributed by atoms with Crippen LogP contribution in [0.5, 0.6) is 0 Å². The lowest BCUT2D eigenvalue weighted by Crippen LogP contribution is -2.22. The summed E-state index contributed by atoms with van der Waals surface area (Å²) in [4.78, 5) is 20.3. The lowest BCUT2D eigenvalue weighted by atomic mass is 10.3. The second-order valence-corrected chi connectivity index (χ2v) is 3.65. The smallest absolute Gasteiger partial charge is 0.450 e. The minimum atomic E-state index is -1.60. The van der Waals surface area contributed by atoms with Crippen molar-refractivity contribution in [1.29, 1.82) is 0 Å². The molecule has 0 aliphatic heterocycles. The van der Waals surface area contributed by atoms with E-state index in [1.165, 1.54) is 0 Å². The largest absolute Gasteiger partial charge is 0.508 e. The van der Waals surface area contributed by atoms with Gasteiger partial charge in [-0.2, -0.15) is 0 Å². The third kappa shape index (κ3) is 9.29. The highest BCUT2D eigenvalue weighted by Crippen LogP contribution is 2.11. The zero-order valence-corrected chi connectivity index (χ0v) is 9.28. The molecule has 0 rings (SSSR count). The van der Waals surface area contributed by atoms with Crippen molar-refractivity contribution < 1.29 is 29.3 Å². The summed E-state index contributed by atoms with van der Waals surface area (Å²) in [5.41, 5.74) is 0. The Kier molecular flexibility index (Phi) is 6.80. The monoisotopic (exact) mass is 254 g/mol. The molecule has 0 amide bonds. The summed E-state index contributed by atoms with van der Waals surface area (Å²) in [6.45, 7) is 0. The Morgan fingerprint density at radius 2 is 1.67 bits per heavy atom. The van der Waals surface area contributed by atoms with Gasteiger partial charge in [0.25, 0.3) is 6.29 Å². The fourth-order valence-electron chi connectivity index (χ4n) is 0.715. The highest BCUT2D eigenvalue weighted by Gasteiger charge is 2.17. The van der Waals surface area contributed by atoms with Crippen LogP contribution in [0.3, 0.4) is 0 Å². The van der Waals surface area contributed by atoms with Crippen LogP contribution in [0, 0.1) is 0 Å². The van der Waals surface area contributed by atoms with Crippen LogP contribution in [0.15, 0.2) is 10.3 Å². The molecule has 6 nitrogen and oxygen atoms in total. The van der Waals surface area contributed by atoms with Crippen LogP contribution in [0.25, 0.3) is 0 Å². The quantitative estimate of drug-likeness (QED) is 0.341. The zero-order chi connectivity index (χ0) is 11.8. The Bertz CT molecular complexity index is 244. The molecule has 0 aromatic carbocycles. The third-order valence-corrected chi connectivity index (χ3v) is 1.56. The van der Waals surface area contributed by atoms with E-state index in [-0.39, 0.29) is 6.42 Å². The van der Waals surface area contributed by atoms with Crippen molar-refractivity contribution in [2.45, 2.75) is 19.1 Å². The van der Waals surface area contributed by atoms with Gasteiger partial charge < -0.3 is 19.7 Å². The van der Waals surface area contributed by atoms with E-state index in [1.54, 1.807) is 6.08 Å². The van der Waals surface area contributed by atoms with Gasteiger partial charge in [-0.05, 0) is 6.42 Å². The van der Waals surface area contributed by atoms with Crippen molar-refractivity contribution >= 4 is 37.6 Å². The molecule has 0 saturated carbocycles. The highest BCUT2D eigenvalue weighted by atomic mass is 32.2. The average Bonchev–Trinajstić information content (AvgIpc) is 2.00. The molecule has 0 bridgehead atoms. The van der Waals surface area contributed by atoms with Crippen LogP contribution in [0.2, 0.25) is 0 Å². The van der Waals surface area contributed by atoms with Crippen LogP contribution < -0.4 is 0 Å². The number of hydrogen-bond acceptors (Lipinski definition) is 6. The fraction of sp³-hybridized carbons (Fsp3) is 0.429. The predicted octanol–water partition coefficient (Wildman–Crippen LogP) is 2.18. The summed E-state index contributed by atoms with van der Waals surface area (Å²) in [5.74, 6) is 0. The summed E-state index contributed by atoms with van der Waals surface area (Å²) in [5, 5.41) is 16.5. The Morgan fingerprint density at radius 3 is 2.00 bits per heavy atom.